The number of hydrogen-bond donors (Lipinski definition) is 1. The van der Waals surface area contributed by atoms with Crippen molar-refractivity contribution < 1.29 is 4.42 Å². The summed E-state index contributed by atoms with van der Waals surface area (Å²) >= 11 is 2.17. The van der Waals surface area contributed by atoms with Crippen LogP contribution in [0.15, 0.2) is 59.3 Å². The van der Waals surface area contributed by atoms with Crippen molar-refractivity contribution in [3.63, 3.8) is 0 Å². The van der Waals surface area contributed by atoms with Gasteiger partial charge in [-0.25, -0.2) is 0 Å². The highest BCUT2D eigenvalue weighted by molar-refractivity contribution is 14.1. The average Bonchev–Trinajstić information content (AvgIpc) is 3.09. The zero-order chi connectivity index (χ0) is 13.8. The fourth-order valence-electron chi connectivity index (χ4n) is 2.00. The topological polar surface area (TPSA) is 43.0 Å². The summed E-state index contributed by atoms with van der Waals surface area (Å²) in [6.45, 7) is 1.47. The molecule has 5 heteroatoms. The Kier molecular flexibility index (Phi) is 4.05. The Balaban J connectivity index is 1.65. The van der Waals surface area contributed by atoms with Gasteiger partial charge in [0.05, 0.1) is 13.1 Å². The van der Waals surface area contributed by atoms with E-state index in [2.05, 4.69) is 51.2 Å². The van der Waals surface area contributed by atoms with E-state index in [9.17, 15) is 0 Å². The molecular weight excluding hydrogens is 365 g/mol. The van der Waals surface area contributed by atoms with Crippen LogP contribution in [0.4, 0.5) is 5.69 Å². The molecular formula is C15H14IN3O. The van der Waals surface area contributed by atoms with E-state index in [1.807, 2.05) is 35.1 Å². The summed E-state index contributed by atoms with van der Waals surface area (Å²) in [7, 11) is 0. The Morgan fingerprint density at radius 3 is 2.90 bits per heavy atom. The highest BCUT2D eigenvalue weighted by Crippen LogP contribution is 2.15. The molecule has 3 aromatic rings. The third kappa shape index (κ3) is 3.41. The number of anilines is 1. The molecule has 20 heavy (non-hydrogen) atoms. The van der Waals surface area contributed by atoms with Crippen LogP contribution in [0.2, 0.25) is 0 Å². The van der Waals surface area contributed by atoms with Gasteiger partial charge >= 0.3 is 0 Å². The first-order chi connectivity index (χ1) is 9.79. The molecule has 0 saturated heterocycles. The number of hydrogen-bond acceptors (Lipinski definition) is 3. The summed E-state index contributed by atoms with van der Waals surface area (Å²) in [5.74, 6) is 0.937. The first-order valence-electron chi connectivity index (χ1n) is 6.34. The van der Waals surface area contributed by atoms with Crippen molar-refractivity contribution in [1.29, 1.82) is 0 Å². The van der Waals surface area contributed by atoms with Crippen LogP contribution in [-0.2, 0) is 13.1 Å². The largest absolute Gasteiger partial charge is 0.454 e. The second kappa shape index (κ2) is 6.13. The van der Waals surface area contributed by atoms with Crippen molar-refractivity contribution in [3.05, 3.63) is 69.9 Å². The van der Waals surface area contributed by atoms with Crippen LogP contribution >= 0.6 is 22.6 Å². The predicted molar refractivity (Wildman–Crippen MR) is 86.5 cm³/mol. The maximum atomic E-state index is 5.53. The molecule has 102 valence electrons. The van der Waals surface area contributed by atoms with Crippen LogP contribution < -0.4 is 5.32 Å². The van der Waals surface area contributed by atoms with Gasteiger partial charge in [0.15, 0.2) is 3.77 Å². The summed E-state index contributed by atoms with van der Waals surface area (Å²) < 4.78 is 8.35. The molecule has 0 atom stereocenters. The maximum Gasteiger partial charge on any atom is 0.164 e. The molecule has 0 aliphatic rings. The van der Waals surface area contributed by atoms with Gasteiger partial charge in [-0.3, -0.25) is 4.68 Å². The fraction of sp³-hybridized carbons (Fsp3) is 0.133. The Morgan fingerprint density at radius 2 is 2.15 bits per heavy atom. The highest BCUT2D eigenvalue weighted by atomic mass is 127. The molecule has 0 aliphatic carbocycles. The van der Waals surface area contributed by atoms with Crippen molar-refractivity contribution in [2.75, 3.05) is 5.32 Å². The summed E-state index contributed by atoms with van der Waals surface area (Å²) in [6.07, 6.45) is 3.76. The molecule has 2 aromatic heterocycles. The lowest BCUT2D eigenvalue weighted by Gasteiger charge is -2.07. The highest BCUT2D eigenvalue weighted by Gasteiger charge is 2.01. The van der Waals surface area contributed by atoms with Gasteiger partial charge in [0.2, 0.25) is 0 Å². The zero-order valence-corrected chi connectivity index (χ0v) is 12.9. The fourth-order valence-corrected chi connectivity index (χ4v) is 2.46. The van der Waals surface area contributed by atoms with E-state index in [1.54, 1.807) is 6.20 Å². The van der Waals surface area contributed by atoms with Gasteiger partial charge in [0, 0.05) is 18.1 Å². The molecule has 2 heterocycles. The van der Waals surface area contributed by atoms with Crippen LogP contribution in [0, 0.1) is 3.77 Å². The normalized spacial score (nSPS) is 10.7. The molecule has 3 rings (SSSR count). The van der Waals surface area contributed by atoms with Crippen molar-refractivity contribution in [3.8, 4) is 0 Å². The monoisotopic (exact) mass is 379 g/mol. The van der Waals surface area contributed by atoms with E-state index < -0.39 is 0 Å². The van der Waals surface area contributed by atoms with Gasteiger partial charge < -0.3 is 9.73 Å². The van der Waals surface area contributed by atoms with Crippen LogP contribution in [0.3, 0.4) is 0 Å². The summed E-state index contributed by atoms with van der Waals surface area (Å²) in [4.78, 5) is 0. The third-order valence-corrected chi connectivity index (χ3v) is 3.51. The number of nitrogens with one attached hydrogen (secondary N) is 1. The quantitative estimate of drug-likeness (QED) is 0.687. The molecule has 0 bridgehead atoms. The Labute approximate surface area is 130 Å². The minimum Gasteiger partial charge on any atom is -0.454 e. The second-order valence-corrected chi connectivity index (χ2v) is 5.53. The van der Waals surface area contributed by atoms with Gasteiger partial charge in [0.1, 0.15) is 5.76 Å². The first-order valence-corrected chi connectivity index (χ1v) is 7.42. The van der Waals surface area contributed by atoms with Gasteiger partial charge in [-0.1, -0.05) is 12.1 Å². The molecule has 0 radical (unpaired) electrons. The minimum atomic E-state index is 0.689. The van der Waals surface area contributed by atoms with Crippen molar-refractivity contribution in [2.24, 2.45) is 0 Å². The molecule has 0 aliphatic heterocycles. The van der Waals surface area contributed by atoms with Gasteiger partial charge in [-0.05, 0) is 58.5 Å². The minimum absolute atomic E-state index is 0.689. The number of aromatic nitrogens is 2. The number of rotatable bonds is 5. The van der Waals surface area contributed by atoms with E-state index in [1.165, 1.54) is 5.56 Å². The Morgan fingerprint density at radius 1 is 1.20 bits per heavy atom. The standard InChI is InChI=1S/C15H14IN3O/c16-15-6-5-14(20-15)10-17-13-4-1-3-12(9-13)11-19-8-2-7-18-19/h1-9,17H,10-11H2. The number of benzene rings is 1. The number of furan rings is 1. The van der Waals surface area contributed by atoms with E-state index in [4.69, 9.17) is 4.42 Å². The maximum absolute atomic E-state index is 5.53. The predicted octanol–water partition coefficient (Wildman–Crippen LogP) is 3.74. The average molecular weight is 379 g/mol. The molecule has 0 unspecified atom stereocenters. The lowest BCUT2D eigenvalue weighted by atomic mass is 10.2. The first kappa shape index (κ1) is 13.2. The lowest BCUT2D eigenvalue weighted by molar-refractivity contribution is 0.493. The molecule has 0 amide bonds. The Bertz CT molecular complexity index is 676. The number of halogens is 1. The van der Waals surface area contributed by atoms with Crippen molar-refractivity contribution in [2.45, 2.75) is 13.1 Å². The summed E-state index contributed by atoms with van der Waals surface area (Å²) in [5, 5.41) is 7.59. The molecule has 0 saturated carbocycles. The SMILES string of the molecule is Ic1ccc(CNc2cccc(Cn3cccn3)c2)o1. The van der Waals surface area contributed by atoms with Gasteiger partial charge in [0.25, 0.3) is 0 Å². The Hall–Kier alpha value is -1.76. The third-order valence-electron chi connectivity index (χ3n) is 2.93. The smallest absolute Gasteiger partial charge is 0.164 e. The van der Waals surface area contributed by atoms with Crippen LogP contribution in [-0.4, -0.2) is 9.78 Å². The molecule has 4 nitrogen and oxygen atoms in total. The molecule has 0 fully saturated rings. The van der Waals surface area contributed by atoms with Crippen LogP contribution in [0.5, 0.6) is 0 Å². The lowest BCUT2D eigenvalue weighted by Crippen LogP contribution is -2.02. The van der Waals surface area contributed by atoms with Crippen molar-refractivity contribution in [1.82, 2.24) is 9.78 Å². The van der Waals surface area contributed by atoms with Crippen molar-refractivity contribution >= 4 is 28.3 Å². The van der Waals surface area contributed by atoms with E-state index in [0.717, 1.165) is 21.8 Å². The molecule has 1 N–H and O–H groups in total. The molecule has 0 spiro atoms. The number of nitrogens with zero attached hydrogens (tertiary/aromatic N) is 2. The van der Waals surface area contributed by atoms with Crippen LogP contribution in [0.1, 0.15) is 11.3 Å². The van der Waals surface area contributed by atoms with E-state index >= 15 is 0 Å². The summed E-state index contributed by atoms with van der Waals surface area (Å²) in [5.41, 5.74) is 2.30. The zero-order valence-electron chi connectivity index (χ0n) is 10.8. The van der Waals surface area contributed by atoms with E-state index in [-0.39, 0.29) is 0 Å². The second-order valence-electron chi connectivity index (χ2n) is 4.46. The van der Waals surface area contributed by atoms with Crippen LogP contribution in [0.25, 0.3) is 0 Å². The summed E-state index contributed by atoms with van der Waals surface area (Å²) in [6, 6.07) is 14.2. The molecule has 1 aromatic carbocycles. The van der Waals surface area contributed by atoms with E-state index in [0.29, 0.717) is 6.54 Å². The van der Waals surface area contributed by atoms with Gasteiger partial charge in [-0.15, -0.1) is 0 Å². The van der Waals surface area contributed by atoms with Gasteiger partial charge in [-0.2, -0.15) is 5.10 Å².